The number of nitrogens with zero attached hydrogens (tertiary/aromatic N) is 2. The first-order valence-electron chi connectivity index (χ1n) is 11.6. The van der Waals surface area contributed by atoms with Crippen molar-refractivity contribution in [3.63, 3.8) is 0 Å². The Labute approximate surface area is 208 Å². The van der Waals surface area contributed by atoms with Crippen molar-refractivity contribution in [2.75, 3.05) is 28.3 Å². The third-order valence-corrected chi connectivity index (χ3v) is 7.07. The van der Waals surface area contributed by atoms with Crippen LogP contribution in [0.25, 0.3) is 32.9 Å². The maximum absolute atomic E-state index is 13.6. The number of hydrogen-bond acceptors (Lipinski definition) is 4. The largest absolute Gasteiger partial charge is 0.497 e. The number of methoxy groups -OCH3 is 2. The minimum Gasteiger partial charge on any atom is -0.497 e. The van der Waals surface area contributed by atoms with Crippen LogP contribution in [0.3, 0.4) is 0 Å². The molecule has 4 aromatic rings. The minimum absolute atomic E-state index is 0.183. The predicted octanol–water partition coefficient (Wildman–Crippen LogP) is 5.08. The van der Waals surface area contributed by atoms with Gasteiger partial charge in [0.1, 0.15) is 11.5 Å². The molecule has 2 aliphatic heterocycles. The third-order valence-electron chi connectivity index (χ3n) is 7.07. The smallest absolute Gasteiger partial charge is 0.261 e. The number of benzene rings is 4. The van der Waals surface area contributed by atoms with E-state index in [1.54, 1.807) is 38.1 Å². The van der Waals surface area contributed by atoms with Crippen molar-refractivity contribution in [3.8, 4) is 11.5 Å². The Hall–Kier alpha value is -4.58. The number of amides is 2. The van der Waals surface area contributed by atoms with E-state index in [1.165, 1.54) is 0 Å². The van der Waals surface area contributed by atoms with Crippen molar-refractivity contribution in [3.05, 3.63) is 95.1 Å². The number of ether oxygens (including phenoxy) is 2. The first-order chi connectivity index (χ1) is 17.4. The molecule has 6 nitrogen and oxygen atoms in total. The Balaban J connectivity index is 1.53. The summed E-state index contributed by atoms with van der Waals surface area (Å²) in [4.78, 5) is 30.3. The van der Waals surface area contributed by atoms with Gasteiger partial charge in [-0.15, -0.1) is 0 Å². The fourth-order valence-electron chi connectivity index (χ4n) is 5.20. The monoisotopic (exact) mass is 476 g/mol. The van der Waals surface area contributed by atoms with Crippen molar-refractivity contribution >= 4 is 44.8 Å². The molecule has 6 heteroatoms. The molecule has 2 aliphatic rings. The molecule has 2 amide bonds. The Bertz CT molecular complexity index is 1560. The Kier molecular flexibility index (Phi) is 4.86. The highest BCUT2D eigenvalue weighted by atomic mass is 16.5. The van der Waals surface area contributed by atoms with Crippen LogP contribution < -0.4 is 9.47 Å². The quantitative estimate of drug-likeness (QED) is 0.412. The third kappa shape index (κ3) is 3.11. The zero-order valence-corrected chi connectivity index (χ0v) is 20.5. The zero-order chi connectivity index (χ0) is 25.1. The van der Waals surface area contributed by atoms with Crippen molar-refractivity contribution in [1.29, 1.82) is 0 Å². The maximum Gasteiger partial charge on any atom is 0.261 e. The van der Waals surface area contributed by atoms with Crippen LogP contribution in [0.15, 0.2) is 83.9 Å². The predicted molar refractivity (Wildman–Crippen MR) is 140 cm³/mol. The Morgan fingerprint density at radius 2 is 0.889 bits per heavy atom. The molecule has 6 rings (SSSR count). The van der Waals surface area contributed by atoms with Crippen LogP contribution in [-0.4, -0.2) is 49.9 Å². The van der Waals surface area contributed by atoms with Gasteiger partial charge in [0.05, 0.1) is 36.8 Å². The van der Waals surface area contributed by atoms with Crippen LogP contribution in [0.4, 0.5) is 0 Å². The molecule has 0 saturated carbocycles. The molecule has 0 fully saturated rings. The van der Waals surface area contributed by atoms with E-state index in [-0.39, 0.29) is 11.8 Å². The lowest BCUT2D eigenvalue weighted by Crippen LogP contribution is -2.25. The first-order valence-corrected chi connectivity index (χ1v) is 11.6. The average molecular weight is 477 g/mol. The van der Waals surface area contributed by atoms with E-state index in [0.29, 0.717) is 22.5 Å². The summed E-state index contributed by atoms with van der Waals surface area (Å²) in [6.45, 7) is 0. The molecule has 0 saturated heterocycles. The van der Waals surface area contributed by atoms with E-state index < -0.39 is 0 Å². The molecule has 0 bridgehead atoms. The van der Waals surface area contributed by atoms with Crippen LogP contribution in [0.5, 0.6) is 11.5 Å². The lowest BCUT2D eigenvalue weighted by atomic mass is 9.99. The molecule has 0 spiro atoms. The van der Waals surface area contributed by atoms with Crippen LogP contribution in [-0.2, 0) is 9.59 Å². The summed E-state index contributed by atoms with van der Waals surface area (Å²) in [5, 5.41) is 4.05. The standard InChI is InChI=1S/C30H24N2O4/c1-31-27(21-7-5-19-15-23(35-3)11-9-17(19)13-21)25-26(29(31)33)28(32(2)30(25)34)22-8-6-20-16-24(36-4)12-10-18(20)14-22/h5-16H,1-4H3. The normalized spacial score (nSPS) is 15.6. The lowest BCUT2D eigenvalue weighted by molar-refractivity contribution is -0.123. The highest BCUT2D eigenvalue weighted by Crippen LogP contribution is 2.46. The van der Waals surface area contributed by atoms with Gasteiger partial charge >= 0.3 is 0 Å². The first kappa shape index (κ1) is 21.9. The van der Waals surface area contributed by atoms with E-state index in [2.05, 4.69) is 0 Å². The summed E-state index contributed by atoms with van der Waals surface area (Å²) >= 11 is 0. The fraction of sp³-hybridized carbons (Fsp3) is 0.133. The minimum atomic E-state index is -0.183. The summed E-state index contributed by atoms with van der Waals surface area (Å²) in [6.07, 6.45) is 0. The highest BCUT2D eigenvalue weighted by molar-refractivity contribution is 6.30. The topological polar surface area (TPSA) is 59.1 Å². The van der Waals surface area contributed by atoms with E-state index >= 15 is 0 Å². The summed E-state index contributed by atoms with van der Waals surface area (Å²) in [6, 6.07) is 23.6. The fourth-order valence-corrected chi connectivity index (χ4v) is 5.20. The van der Waals surface area contributed by atoms with Gasteiger partial charge in [0.25, 0.3) is 11.8 Å². The van der Waals surface area contributed by atoms with E-state index in [0.717, 1.165) is 44.2 Å². The molecule has 0 N–H and O–H groups in total. The highest BCUT2D eigenvalue weighted by Gasteiger charge is 2.46. The second-order valence-electron chi connectivity index (χ2n) is 9.03. The van der Waals surface area contributed by atoms with Crippen LogP contribution in [0, 0.1) is 0 Å². The summed E-state index contributed by atoms with van der Waals surface area (Å²) in [5.74, 6) is 1.19. The lowest BCUT2D eigenvalue weighted by Gasteiger charge is -2.20. The van der Waals surface area contributed by atoms with Gasteiger partial charge in [-0.05, 0) is 69.1 Å². The molecule has 0 radical (unpaired) electrons. The van der Waals surface area contributed by atoms with Gasteiger partial charge in [0, 0.05) is 14.1 Å². The molecule has 0 unspecified atom stereocenters. The molecule has 4 aromatic carbocycles. The van der Waals surface area contributed by atoms with Gasteiger partial charge in [0.2, 0.25) is 0 Å². The number of carbonyl (C=O) groups is 2. The van der Waals surface area contributed by atoms with E-state index in [1.807, 2.05) is 72.8 Å². The zero-order valence-electron chi connectivity index (χ0n) is 20.5. The number of likely N-dealkylation sites (N-methyl/N-ethyl adjacent to an activating group) is 2. The molecule has 0 atom stereocenters. The average Bonchev–Trinajstić information content (AvgIpc) is 3.32. The van der Waals surface area contributed by atoms with E-state index in [9.17, 15) is 9.59 Å². The summed E-state index contributed by atoms with van der Waals surface area (Å²) < 4.78 is 10.7. The number of fused-ring (bicyclic) bond motifs is 3. The van der Waals surface area contributed by atoms with Gasteiger partial charge in [0.15, 0.2) is 0 Å². The SMILES string of the molecule is COc1ccc2cc(C3=C4C(=O)N(C)C(c5ccc6cc(OC)ccc6c5)=C4C(=O)N3C)ccc2c1. The Morgan fingerprint density at radius 3 is 1.28 bits per heavy atom. The molecular formula is C30H24N2O4. The van der Waals surface area contributed by atoms with E-state index in [4.69, 9.17) is 9.47 Å². The van der Waals surface area contributed by atoms with Crippen LogP contribution >= 0.6 is 0 Å². The molecular weight excluding hydrogens is 452 g/mol. The van der Waals surface area contributed by atoms with Crippen molar-refractivity contribution in [2.24, 2.45) is 0 Å². The molecule has 36 heavy (non-hydrogen) atoms. The van der Waals surface area contributed by atoms with Gasteiger partial charge in [-0.25, -0.2) is 0 Å². The molecule has 2 heterocycles. The van der Waals surface area contributed by atoms with Crippen molar-refractivity contribution in [2.45, 2.75) is 0 Å². The van der Waals surface area contributed by atoms with Crippen LogP contribution in [0.1, 0.15) is 11.1 Å². The van der Waals surface area contributed by atoms with Gasteiger partial charge in [-0.3, -0.25) is 9.59 Å². The molecule has 178 valence electrons. The van der Waals surface area contributed by atoms with Gasteiger partial charge in [-0.1, -0.05) is 36.4 Å². The number of carbonyl (C=O) groups excluding carboxylic acids is 2. The summed E-state index contributed by atoms with van der Waals surface area (Å²) in [7, 11) is 6.74. The Morgan fingerprint density at radius 1 is 0.528 bits per heavy atom. The van der Waals surface area contributed by atoms with Crippen molar-refractivity contribution in [1.82, 2.24) is 9.80 Å². The van der Waals surface area contributed by atoms with Crippen LogP contribution in [0.2, 0.25) is 0 Å². The molecule has 0 aliphatic carbocycles. The van der Waals surface area contributed by atoms with Gasteiger partial charge < -0.3 is 19.3 Å². The molecule has 0 aromatic heterocycles. The maximum atomic E-state index is 13.6. The number of rotatable bonds is 4. The second-order valence-corrected chi connectivity index (χ2v) is 9.03. The van der Waals surface area contributed by atoms with Crippen molar-refractivity contribution < 1.29 is 19.1 Å². The number of hydrogen-bond donors (Lipinski definition) is 0. The second kappa shape index (κ2) is 7.99. The summed E-state index contributed by atoms with van der Waals surface area (Å²) in [5.41, 5.74) is 3.80. The van der Waals surface area contributed by atoms with Gasteiger partial charge in [-0.2, -0.15) is 0 Å².